The first-order valence-corrected chi connectivity index (χ1v) is 13.3. The van der Waals surface area contributed by atoms with Crippen molar-refractivity contribution in [2.75, 3.05) is 26.0 Å². The molecule has 2 heterocycles. The first-order chi connectivity index (χ1) is 18.2. The Morgan fingerprint density at radius 2 is 1.76 bits per heavy atom. The molecule has 2 aromatic rings. The van der Waals surface area contributed by atoms with Crippen LogP contribution < -0.4 is 10.6 Å². The van der Waals surface area contributed by atoms with Crippen molar-refractivity contribution in [1.82, 2.24) is 10.2 Å². The molecule has 0 aliphatic carbocycles. The summed E-state index contributed by atoms with van der Waals surface area (Å²) < 4.78 is 5.87. The second kappa shape index (κ2) is 11.7. The van der Waals surface area contributed by atoms with Crippen LogP contribution in [0.3, 0.4) is 0 Å². The molecule has 0 radical (unpaired) electrons. The van der Waals surface area contributed by atoms with E-state index in [1.165, 1.54) is 0 Å². The number of allylic oxidation sites excluding steroid dienone is 4. The number of hydrogen-bond acceptors (Lipinski definition) is 5. The zero-order chi connectivity index (χ0) is 27.4. The molecule has 6 nitrogen and oxygen atoms in total. The third-order valence-electron chi connectivity index (χ3n) is 7.27. The molecule has 0 spiro atoms. The number of nitrogens with one attached hydrogen (secondary N) is 2. The Labute approximate surface area is 226 Å². The van der Waals surface area contributed by atoms with Crippen LogP contribution in [0.5, 0.6) is 0 Å². The van der Waals surface area contributed by atoms with Crippen LogP contribution in [0.15, 0.2) is 65.9 Å². The number of amides is 1. The lowest BCUT2D eigenvalue weighted by Gasteiger charge is -2.33. The van der Waals surface area contributed by atoms with Crippen molar-refractivity contribution in [3.63, 3.8) is 0 Å². The lowest BCUT2D eigenvalue weighted by molar-refractivity contribution is -0.0337. The van der Waals surface area contributed by atoms with E-state index >= 15 is 0 Å². The van der Waals surface area contributed by atoms with E-state index in [9.17, 15) is 10.1 Å². The minimum atomic E-state index is -0.00436. The molecule has 1 amide bonds. The van der Waals surface area contributed by atoms with Gasteiger partial charge in [0.2, 0.25) is 0 Å². The highest BCUT2D eigenvalue weighted by Crippen LogP contribution is 2.32. The van der Waals surface area contributed by atoms with Gasteiger partial charge in [-0.1, -0.05) is 24.3 Å². The average Bonchev–Trinajstić information content (AvgIpc) is 2.89. The Bertz CT molecular complexity index is 1320. The Morgan fingerprint density at radius 1 is 1.11 bits per heavy atom. The normalized spacial score (nSPS) is 21.8. The summed E-state index contributed by atoms with van der Waals surface area (Å²) >= 11 is 0. The van der Waals surface area contributed by atoms with Crippen molar-refractivity contribution in [3.05, 3.63) is 88.1 Å². The summed E-state index contributed by atoms with van der Waals surface area (Å²) in [6, 6.07) is 16.5. The monoisotopic (exact) mass is 510 g/mol. The van der Waals surface area contributed by atoms with Gasteiger partial charge in [-0.15, -0.1) is 0 Å². The fraction of sp³-hybridized carbons (Fsp3) is 0.375. The van der Waals surface area contributed by atoms with Gasteiger partial charge in [0, 0.05) is 37.9 Å². The van der Waals surface area contributed by atoms with E-state index in [-0.39, 0.29) is 18.1 Å². The molecule has 1 fully saturated rings. The topological polar surface area (TPSA) is 77.4 Å². The van der Waals surface area contributed by atoms with E-state index in [1.807, 2.05) is 36.4 Å². The van der Waals surface area contributed by atoms with Gasteiger partial charge in [0.05, 0.1) is 23.5 Å². The minimum Gasteiger partial charge on any atom is -0.381 e. The predicted octanol–water partition coefficient (Wildman–Crippen LogP) is 5.99. The zero-order valence-corrected chi connectivity index (χ0v) is 23.3. The molecule has 1 saturated heterocycles. The van der Waals surface area contributed by atoms with Gasteiger partial charge in [-0.05, 0) is 98.7 Å². The lowest BCUT2D eigenvalue weighted by atomic mass is 9.92. The van der Waals surface area contributed by atoms with Crippen molar-refractivity contribution in [2.24, 2.45) is 0 Å². The maximum Gasteiger partial charge on any atom is 0.253 e. The van der Waals surface area contributed by atoms with E-state index in [0.717, 1.165) is 52.1 Å². The number of nitriles is 1. The van der Waals surface area contributed by atoms with Crippen molar-refractivity contribution in [3.8, 4) is 6.07 Å². The quantitative estimate of drug-likeness (QED) is 0.499. The molecule has 0 aromatic heterocycles. The number of anilines is 1. The average molecular weight is 511 g/mol. The van der Waals surface area contributed by atoms with Gasteiger partial charge in [-0.2, -0.15) is 5.26 Å². The third kappa shape index (κ3) is 6.17. The molecule has 2 unspecified atom stereocenters. The molecule has 2 aliphatic rings. The minimum absolute atomic E-state index is 0.00436. The van der Waals surface area contributed by atoms with E-state index in [0.29, 0.717) is 23.7 Å². The smallest absolute Gasteiger partial charge is 0.253 e. The van der Waals surface area contributed by atoms with E-state index in [2.05, 4.69) is 62.6 Å². The Kier molecular flexibility index (Phi) is 8.38. The van der Waals surface area contributed by atoms with Crippen LogP contribution in [0.2, 0.25) is 0 Å². The maximum absolute atomic E-state index is 12.2. The van der Waals surface area contributed by atoms with E-state index < -0.39 is 0 Å². The number of ether oxygens (including phenoxy) is 1. The molecule has 2 aliphatic heterocycles. The molecular formula is C32H38N4O2. The van der Waals surface area contributed by atoms with Crippen LogP contribution in [-0.4, -0.2) is 49.7 Å². The largest absolute Gasteiger partial charge is 0.381 e. The Hall–Kier alpha value is -3.82. The summed E-state index contributed by atoms with van der Waals surface area (Å²) in [6.45, 7) is 9.11. The van der Waals surface area contributed by atoms with Crippen molar-refractivity contribution in [1.29, 1.82) is 5.26 Å². The molecule has 2 aromatic carbocycles. The summed E-state index contributed by atoms with van der Waals surface area (Å²) in [4.78, 5) is 13.8. The van der Waals surface area contributed by atoms with Gasteiger partial charge in [0.15, 0.2) is 0 Å². The highest BCUT2D eigenvalue weighted by atomic mass is 16.5. The van der Waals surface area contributed by atoms with Crippen LogP contribution in [-0.2, 0) is 4.74 Å². The second-order valence-corrected chi connectivity index (χ2v) is 10.6. The molecule has 38 heavy (non-hydrogen) atoms. The number of nitrogens with zero attached hydrogens (tertiary/aromatic N) is 2. The second-order valence-electron chi connectivity index (χ2n) is 10.6. The van der Waals surface area contributed by atoms with E-state index in [1.54, 1.807) is 19.0 Å². The summed E-state index contributed by atoms with van der Waals surface area (Å²) in [6.07, 6.45) is 6.61. The Balaban J connectivity index is 1.55. The lowest BCUT2D eigenvalue weighted by Crippen LogP contribution is -2.37. The standard InChI is InChI=1S/C32H38N4O2/c1-20(24-7-9-25(10-8-24)32(37)36(5)6)15-31-23(4)29(13-14-34-31)26-11-12-30(27(18-26)19-33)35-28-16-21(2)38-22(3)17-28/h7-13,15,18,21-22,28,34-35H,14,16-17H2,1-6H3/b20-15+. The summed E-state index contributed by atoms with van der Waals surface area (Å²) in [5.74, 6) is -0.00436. The van der Waals surface area contributed by atoms with Gasteiger partial charge < -0.3 is 20.3 Å². The molecule has 6 heteroatoms. The molecule has 0 bridgehead atoms. The zero-order valence-electron chi connectivity index (χ0n) is 23.3. The number of carbonyl (C=O) groups is 1. The number of hydrogen-bond donors (Lipinski definition) is 2. The van der Waals surface area contributed by atoms with Gasteiger partial charge in [-0.3, -0.25) is 4.79 Å². The summed E-state index contributed by atoms with van der Waals surface area (Å²) in [5.41, 5.74) is 8.74. The predicted molar refractivity (Wildman–Crippen MR) is 155 cm³/mol. The highest BCUT2D eigenvalue weighted by Gasteiger charge is 2.25. The fourth-order valence-electron chi connectivity index (χ4n) is 5.29. The van der Waals surface area contributed by atoms with E-state index in [4.69, 9.17) is 4.74 Å². The first kappa shape index (κ1) is 27.2. The third-order valence-corrected chi connectivity index (χ3v) is 7.27. The number of rotatable bonds is 6. The van der Waals surface area contributed by atoms with Crippen LogP contribution in [0.4, 0.5) is 5.69 Å². The molecule has 4 rings (SSSR count). The SMILES string of the molecule is CC1=C(/C=C(\C)c2ccc(C(=O)N(C)C)cc2)NCC=C1c1ccc(NC2CC(C)OC(C)C2)c(C#N)c1. The molecule has 2 atom stereocenters. The van der Waals surface area contributed by atoms with Crippen molar-refractivity contribution >= 4 is 22.7 Å². The van der Waals surface area contributed by atoms with Crippen LogP contribution in [0.1, 0.15) is 67.6 Å². The van der Waals surface area contributed by atoms with Gasteiger partial charge >= 0.3 is 0 Å². The molecule has 2 N–H and O–H groups in total. The van der Waals surface area contributed by atoms with Gasteiger partial charge in [-0.25, -0.2) is 0 Å². The van der Waals surface area contributed by atoms with Crippen LogP contribution in [0, 0.1) is 11.3 Å². The molecular weight excluding hydrogens is 472 g/mol. The molecule has 198 valence electrons. The number of benzene rings is 2. The van der Waals surface area contributed by atoms with Crippen molar-refractivity contribution < 1.29 is 9.53 Å². The van der Waals surface area contributed by atoms with Gasteiger partial charge in [0.25, 0.3) is 5.91 Å². The number of dihydropyridines is 1. The summed E-state index contributed by atoms with van der Waals surface area (Å²) in [7, 11) is 3.51. The highest BCUT2D eigenvalue weighted by molar-refractivity contribution is 5.94. The fourth-order valence-corrected chi connectivity index (χ4v) is 5.29. The van der Waals surface area contributed by atoms with Crippen molar-refractivity contribution in [2.45, 2.75) is 58.8 Å². The van der Waals surface area contributed by atoms with Gasteiger partial charge in [0.1, 0.15) is 6.07 Å². The number of carbonyl (C=O) groups excluding carboxylic acids is 1. The van der Waals surface area contributed by atoms with Crippen LogP contribution in [0.25, 0.3) is 11.1 Å². The van der Waals surface area contributed by atoms with Crippen LogP contribution >= 0.6 is 0 Å². The maximum atomic E-state index is 12.2. The Morgan fingerprint density at radius 3 is 2.39 bits per heavy atom. The summed E-state index contributed by atoms with van der Waals surface area (Å²) in [5, 5.41) is 17.0. The first-order valence-electron chi connectivity index (χ1n) is 13.3. The molecule has 0 saturated carbocycles.